The van der Waals surface area contributed by atoms with Crippen LogP contribution in [0.1, 0.15) is 50.8 Å². The summed E-state index contributed by atoms with van der Waals surface area (Å²) in [6.45, 7) is 4.86. The summed E-state index contributed by atoms with van der Waals surface area (Å²) in [6.07, 6.45) is 1.84. The first-order valence-corrected chi connectivity index (χ1v) is 13.9. The number of ether oxygens (including phenoxy) is 1. The minimum Gasteiger partial charge on any atom is -0.379 e. The van der Waals surface area contributed by atoms with Crippen molar-refractivity contribution < 1.29 is 17.9 Å². The van der Waals surface area contributed by atoms with Crippen LogP contribution in [0.2, 0.25) is 0 Å². The molecule has 2 atom stereocenters. The van der Waals surface area contributed by atoms with E-state index in [2.05, 4.69) is 20.1 Å². The third kappa shape index (κ3) is 5.46. The molecule has 38 heavy (non-hydrogen) atoms. The second-order valence-corrected chi connectivity index (χ2v) is 10.9. The van der Waals surface area contributed by atoms with Crippen LogP contribution in [-0.2, 0) is 4.74 Å². The molecule has 1 aromatic heterocycles. The smallest absolute Gasteiger partial charge is 0.296 e. The summed E-state index contributed by atoms with van der Waals surface area (Å²) in [7, 11) is 0. The summed E-state index contributed by atoms with van der Waals surface area (Å²) in [5.41, 5.74) is 1.15. The number of alkyl halides is 3. The number of imidazole rings is 1. The Balaban J connectivity index is 1.23. The maximum Gasteiger partial charge on any atom is 0.296 e. The fourth-order valence-electron chi connectivity index (χ4n) is 6.35. The number of rotatable bonds is 5. The fraction of sp³-hybridized carbons (Fsp3) is 0.667. The van der Waals surface area contributed by atoms with Crippen LogP contribution in [0, 0.1) is 5.92 Å². The lowest BCUT2D eigenvalue weighted by Gasteiger charge is -2.37. The van der Waals surface area contributed by atoms with Crippen LogP contribution < -0.4 is 5.32 Å². The first-order chi connectivity index (χ1) is 18.5. The monoisotopic (exact) mass is 531 g/mol. The van der Waals surface area contributed by atoms with Gasteiger partial charge >= 0.3 is 0 Å². The molecule has 4 aliphatic rings. The topological polar surface area (TPSA) is 70.3 Å². The van der Waals surface area contributed by atoms with Crippen molar-refractivity contribution in [2.45, 2.75) is 63.3 Å². The van der Waals surface area contributed by atoms with Crippen LogP contribution in [0.25, 0.3) is 11.0 Å². The number of aromatic nitrogens is 2. The summed E-state index contributed by atoms with van der Waals surface area (Å²) < 4.78 is 48.9. The minimum absolute atomic E-state index is 0.114. The van der Waals surface area contributed by atoms with Crippen LogP contribution in [0.5, 0.6) is 0 Å². The summed E-state index contributed by atoms with van der Waals surface area (Å²) in [5, 5.41) is 3.47. The van der Waals surface area contributed by atoms with Gasteiger partial charge in [0, 0.05) is 45.2 Å². The summed E-state index contributed by atoms with van der Waals surface area (Å²) >= 11 is 0. The summed E-state index contributed by atoms with van der Waals surface area (Å²) in [5.74, 6) is 1.17. The second-order valence-electron chi connectivity index (χ2n) is 10.9. The predicted octanol–water partition coefficient (Wildman–Crippen LogP) is 3.83. The van der Waals surface area contributed by atoms with Crippen molar-refractivity contribution in [1.29, 1.82) is 0 Å². The number of likely N-dealkylation sites (tertiary alicyclic amines) is 1. The number of nitrogens with one attached hydrogen (secondary N) is 1. The highest BCUT2D eigenvalue weighted by atomic mass is 19.3. The number of morpholine rings is 1. The molecule has 2 saturated heterocycles. The molecule has 1 unspecified atom stereocenters. The normalized spacial score (nSPS) is 30.7. The third-order valence-corrected chi connectivity index (χ3v) is 8.43. The number of guanidine groups is 1. The van der Waals surface area contributed by atoms with Gasteiger partial charge in [0.2, 0.25) is 5.96 Å². The zero-order chi connectivity index (χ0) is 26.1. The zero-order valence-corrected chi connectivity index (χ0v) is 21.6. The van der Waals surface area contributed by atoms with Gasteiger partial charge in [0.15, 0.2) is 5.82 Å². The van der Waals surface area contributed by atoms with Gasteiger partial charge in [-0.25, -0.2) is 18.2 Å². The average Bonchev–Trinajstić information content (AvgIpc) is 3.56. The largest absolute Gasteiger partial charge is 0.379 e. The molecule has 3 fully saturated rings. The Labute approximate surface area is 220 Å². The van der Waals surface area contributed by atoms with Crippen molar-refractivity contribution in [2.24, 2.45) is 15.9 Å². The van der Waals surface area contributed by atoms with Gasteiger partial charge in [-0.15, -0.1) is 0 Å². The van der Waals surface area contributed by atoms with Crippen LogP contribution in [0.3, 0.4) is 0 Å². The molecule has 4 heterocycles. The lowest BCUT2D eigenvalue weighted by atomic mass is 9.85. The Morgan fingerprint density at radius 1 is 1.03 bits per heavy atom. The number of para-hydroxylation sites is 2. The van der Waals surface area contributed by atoms with Gasteiger partial charge in [0.25, 0.3) is 6.43 Å². The van der Waals surface area contributed by atoms with E-state index in [1.54, 1.807) is 12.1 Å². The van der Waals surface area contributed by atoms with E-state index in [-0.39, 0.29) is 12.0 Å². The van der Waals surface area contributed by atoms with Gasteiger partial charge in [0.1, 0.15) is 12.0 Å². The minimum atomic E-state index is -2.72. The second kappa shape index (κ2) is 11.3. The number of hydrogen-bond acceptors (Lipinski definition) is 5. The Morgan fingerprint density at radius 3 is 2.55 bits per heavy atom. The first-order valence-electron chi connectivity index (χ1n) is 13.9. The van der Waals surface area contributed by atoms with Crippen molar-refractivity contribution in [3.05, 3.63) is 30.1 Å². The van der Waals surface area contributed by atoms with Crippen LogP contribution >= 0.6 is 0 Å². The van der Waals surface area contributed by atoms with Crippen molar-refractivity contribution in [2.75, 3.05) is 45.9 Å². The molecular weight excluding hydrogens is 495 g/mol. The number of hydrogen-bond donors (Lipinski definition) is 1. The molecule has 1 aromatic carbocycles. The van der Waals surface area contributed by atoms with Gasteiger partial charge in [0.05, 0.1) is 30.4 Å². The van der Waals surface area contributed by atoms with Crippen molar-refractivity contribution in [3.8, 4) is 0 Å². The van der Waals surface area contributed by atoms with Crippen molar-refractivity contribution >= 4 is 22.8 Å². The molecule has 0 radical (unpaired) electrons. The van der Waals surface area contributed by atoms with E-state index in [1.807, 2.05) is 12.1 Å². The van der Waals surface area contributed by atoms with E-state index in [0.717, 1.165) is 45.3 Å². The molecule has 1 N–H and O–H groups in total. The number of fused-ring (bicyclic) bond motifs is 1. The van der Waals surface area contributed by atoms with Gasteiger partial charge in [-0.3, -0.25) is 19.4 Å². The first kappa shape index (κ1) is 25.8. The highest BCUT2D eigenvalue weighted by Crippen LogP contribution is 2.31. The Hall–Kier alpha value is -2.50. The maximum atomic E-state index is 14.1. The van der Waals surface area contributed by atoms with Gasteiger partial charge in [-0.1, -0.05) is 12.1 Å². The molecule has 206 valence electrons. The standard InChI is InChI=1S/C27H36F3N7O/c28-19-9-10-36(17-19)20-7-5-18(6-8-20)16-31-27-33-23(35-11-13-38-14-12-35)15-24(34-27)37-22-4-2-1-3-21(22)32-26(37)25(29)30/h1-4,18-20,23,25H,5-17H2,(H,31,33)/t18?,19-,20?,23?/m1/s1. The molecule has 2 aromatic rings. The van der Waals surface area contributed by atoms with Crippen LogP contribution in [0.15, 0.2) is 34.3 Å². The molecule has 8 nitrogen and oxygen atoms in total. The third-order valence-electron chi connectivity index (χ3n) is 8.43. The number of nitrogens with zero attached hydrogens (tertiary/aromatic N) is 6. The highest BCUT2D eigenvalue weighted by Gasteiger charge is 2.33. The van der Waals surface area contributed by atoms with E-state index in [9.17, 15) is 13.2 Å². The van der Waals surface area contributed by atoms with Crippen LogP contribution in [0.4, 0.5) is 13.2 Å². The Bertz CT molecular complexity index is 1170. The van der Waals surface area contributed by atoms with Gasteiger partial charge in [-0.05, 0) is 50.2 Å². The van der Waals surface area contributed by atoms with E-state index in [4.69, 9.17) is 14.7 Å². The molecule has 6 rings (SSSR count). The molecule has 1 saturated carbocycles. The van der Waals surface area contributed by atoms with Gasteiger partial charge < -0.3 is 10.1 Å². The lowest BCUT2D eigenvalue weighted by molar-refractivity contribution is 0.0141. The Kier molecular flexibility index (Phi) is 7.67. The van der Waals surface area contributed by atoms with E-state index in [1.165, 1.54) is 4.57 Å². The molecule has 0 bridgehead atoms. The number of aliphatic imine (C=N–C) groups is 2. The van der Waals surface area contributed by atoms with E-state index >= 15 is 0 Å². The molecule has 0 amide bonds. The molecule has 0 spiro atoms. The Morgan fingerprint density at radius 2 is 1.82 bits per heavy atom. The number of halogens is 3. The van der Waals surface area contributed by atoms with E-state index < -0.39 is 12.6 Å². The van der Waals surface area contributed by atoms with Gasteiger partial charge in [-0.2, -0.15) is 4.99 Å². The molecular formula is C27H36F3N7O. The SMILES string of the molecule is FC(F)c1nc2ccccc2n1C1=NC(=NCC2CCC(N3CC[C@@H](F)C3)CC2)NC(N2CCOCC2)C1. The molecule has 11 heteroatoms. The molecule has 1 aliphatic carbocycles. The quantitative estimate of drug-likeness (QED) is 0.635. The summed E-state index contributed by atoms with van der Waals surface area (Å²) in [4.78, 5) is 18.4. The lowest BCUT2D eigenvalue weighted by Crippen LogP contribution is -2.55. The predicted molar refractivity (Wildman–Crippen MR) is 141 cm³/mol. The van der Waals surface area contributed by atoms with E-state index in [0.29, 0.717) is 73.9 Å². The zero-order valence-electron chi connectivity index (χ0n) is 21.6. The van der Waals surface area contributed by atoms with Crippen molar-refractivity contribution in [3.63, 3.8) is 0 Å². The summed E-state index contributed by atoms with van der Waals surface area (Å²) in [6, 6.07) is 7.67. The number of benzene rings is 1. The average molecular weight is 532 g/mol. The fourth-order valence-corrected chi connectivity index (χ4v) is 6.35. The maximum absolute atomic E-state index is 14.1. The van der Waals surface area contributed by atoms with Crippen molar-refractivity contribution in [1.82, 2.24) is 24.7 Å². The van der Waals surface area contributed by atoms with Crippen LogP contribution in [-0.4, -0.2) is 95.5 Å². The highest BCUT2D eigenvalue weighted by molar-refractivity contribution is 6.03. The molecule has 3 aliphatic heterocycles.